The zero-order valence-electron chi connectivity index (χ0n) is 11.7. The fourth-order valence-electron chi connectivity index (χ4n) is 2.02. The molecule has 0 radical (unpaired) electrons. The van der Waals surface area contributed by atoms with Gasteiger partial charge in [0.05, 0.1) is 5.56 Å². The zero-order chi connectivity index (χ0) is 15.6. The van der Waals surface area contributed by atoms with Crippen LogP contribution in [0.4, 0.5) is 4.39 Å². The average Bonchev–Trinajstić information content (AvgIpc) is 2.44. The van der Waals surface area contributed by atoms with Crippen LogP contribution < -0.4 is 0 Å². The summed E-state index contributed by atoms with van der Waals surface area (Å²) in [6.45, 7) is 1.85. The summed E-state index contributed by atoms with van der Waals surface area (Å²) in [6, 6.07) is 9.14. The molecular formula is C16H15ClFNO2. The Labute approximate surface area is 127 Å². The molecule has 0 unspecified atom stereocenters. The molecule has 0 saturated carbocycles. The lowest BCUT2D eigenvalue weighted by molar-refractivity contribution is 0.0781. The van der Waals surface area contributed by atoms with Gasteiger partial charge >= 0.3 is 0 Å². The first-order valence-electron chi connectivity index (χ1n) is 6.38. The Balaban J connectivity index is 2.26. The molecule has 3 nitrogen and oxygen atoms in total. The number of amides is 1. The third-order valence-electron chi connectivity index (χ3n) is 3.19. The van der Waals surface area contributed by atoms with Crippen molar-refractivity contribution in [1.82, 2.24) is 4.90 Å². The number of aryl methyl sites for hydroxylation is 1. The first-order chi connectivity index (χ1) is 9.90. The van der Waals surface area contributed by atoms with Crippen LogP contribution in [-0.4, -0.2) is 23.0 Å². The summed E-state index contributed by atoms with van der Waals surface area (Å²) in [7, 11) is 1.53. The molecule has 1 N–H and O–H groups in total. The lowest BCUT2D eigenvalue weighted by Gasteiger charge is -2.19. The number of phenolic OH excluding ortho intramolecular Hbond substituents is 1. The maximum absolute atomic E-state index is 13.7. The molecule has 0 bridgehead atoms. The van der Waals surface area contributed by atoms with Crippen molar-refractivity contribution in [2.24, 2.45) is 0 Å². The number of hydrogen-bond donors (Lipinski definition) is 1. The highest BCUT2D eigenvalue weighted by molar-refractivity contribution is 6.31. The minimum Gasteiger partial charge on any atom is -0.507 e. The van der Waals surface area contributed by atoms with Crippen molar-refractivity contribution in [2.75, 3.05) is 7.05 Å². The third kappa shape index (κ3) is 3.34. The van der Waals surface area contributed by atoms with Crippen LogP contribution in [0.15, 0.2) is 36.4 Å². The van der Waals surface area contributed by atoms with Crippen LogP contribution in [-0.2, 0) is 6.54 Å². The summed E-state index contributed by atoms with van der Waals surface area (Å²) in [6.07, 6.45) is 0. The van der Waals surface area contributed by atoms with E-state index < -0.39 is 11.7 Å². The molecule has 2 rings (SSSR count). The number of halogens is 2. The Morgan fingerprint density at radius 2 is 2.05 bits per heavy atom. The van der Waals surface area contributed by atoms with Gasteiger partial charge in [0.15, 0.2) is 0 Å². The van der Waals surface area contributed by atoms with Gasteiger partial charge in [-0.1, -0.05) is 29.3 Å². The number of carbonyl (C=O) groups is 1. The molecule has 21 heavy (non-hydrogen) atoms. The third-order valence-corrected chi connectivity index (χ3v) is 3.54. The van der Waals surface area contributed by atoms with Crippen LogP contribution in [0.2, 0.25) is 5.02 Å². The summed E-state index contributed by atoms with van der Waals surface area (Å²) >= 11 is 5.95. The second kappa shape index (κ2) is 6.14. The fraction of sp³-hybridized carbons (Fsp3) is 0.188. The van der Waals surface area contributed by atoms with Crippen molar-refractivity contribution < 1.29 is 14.3 Å². The Kier molecular flexibility index (Phi) is 4.48. The molecule has 0 atom stereocenters. The lowest BCUT2D eigenvalue weighted by Crippen LogP contribution is -2.27. The molecule has 0 aliphatic rings. The molecule has 0 aromatic heterocycles. The second-order valence-electron chi connectivity index (χ2n) is 4.88. The summed E-state index contributed by atoms with van der Waals surface area (Å²) in [5.74, 6) is -0.955. The van der Waals surface area contributed by atoms with Crippen molar-refractivity contribution in [3.63, 3.8) is 0 Å². The van der Waals surface area contributed by atoms with Crippen LogP contribution in [0.3, 0.4) is 0 Å². The lowest BCUT2D eigenvalue weighted by atomic mass is 10.1. The van der Waals surface area contributed by atoms with Gasteiger partial charge in [-0.3, -0.25) is 4.79 Å². The first kappa shape index (κ1) is 15.3. The molecule has 5 heteroatoms. The van der Waals surface area contributed by atoms with Crippen molar-refractivity contribution in [3.8, 4) is 5.75 Å². The Morgan fingerprint density at radius 3 is 2.71 bits per heavy atom. The highest BCUT2D eigenvalue weighted by Gasteiger charge is 2.18. The van der Waals surface area contributed by atoms with E-state index >= 15 is 0 Å². The molecule has 0 spiro atoms. The van der Waals surface area contributed by atoms with Crippen LogP contribution in [0, 0.1) is 12.7 Å². The average molecular weight is 308 g/mol. The fourth-order valence-corrected chi connectivity index (χ4v) is 2.24. The predicted molar refractivity (Wildman–Crippen MR) is 80.1 cm³/mol. The monoisotopic (exact) mass is 307 g/mol. The summed E-state index contributed by atoms with van der Waals surface area (Å²) in [5, 5.41) is 10.0. The van der Waals surface area contributed by atoms with Crippen molar-refractivity contribution in [3.05, 3.63) is 63.9 Å². The topological polar surface area (TPSA) is 40.5 Å². The van der Waals surface area contributed by atoms with E-state index in [-0.39, 0.29) is 28.4 Å². The molecule has 0 heterocycles. The summed E-state index contributed by atoms with van der Waals surface area (Å²) < 4.78 is 13.7. The standard InChI is InChI=1S/C16H15ClFNO2/c1-10-6-7-15(20)11(8-10)16(21)19(2)9-12-13(17)4-3-5-14(12)18/h3-8,20H,9H2,1-2H3. The van der Waals surface area contributed by atoms with Gasteiger partial charge in [0.1, 0.15) is 11.6 Å². The van der Waals surface area contributed by atoms with Gasteiger partial charge in [-0.2, -0.15) is 0 Å². The van der Waals surface area contributed by atoms with E-state index in [9.17, 15) is 14.3 Å². The van der Waals surface area contributed by atoms with Crippen LogP contribution in [0.1, 0.15) is 21.5 Å². The molecular weight excluding hydrogens is 293 g/mol. The molecule has 110 valence electrons. The first-order valence-corrected chi connectivity index (χ1v) is 6.76. The summed E-state index contributed by atoms with van der Waals surface area (Å²) in [5.41, 5.74) is 1.29. The van der Waals surface area contributed by atoms with Gasteiger partial charge in [-0.25, -0.2) is 4.39 Å². The SMILES string of the molecule is Cc1ccc(O)c(C(=O)N(C)Cc2c(F)cccc2Cl)c1. The molecule has 2 aromatic carbocycles. The second-order valence-corrected chi connectivity index (χ2v) is 5.29. The highest BCUT2D eigenvalue weighted by atomic mass is 35.5. The smallest absolute Gasteiger partial charge is 0.257 e. The number of hydrogen-bond acceptors (Lipinski definition) is 2. The predicted octanol–water partition coefficient (Wildman–Crippen LogP) is 3.77. The maximum atomic E-state index is 13.7. The van der Waals surface area contributed by atoms with Gasteiger partial charge in [0.25, 0.3) is 5.91 Å². The van der Waals surface area contributed by atoms with Crippen molar-refractivity contribution >= 4 is 17.5 Å². The number of carbonyl (C=O) groups excluding carboxylic acids is 1. The quantitative estimate of drug-likeness (QED) is 0.938. The minimum absolute atomic E-state index is 0.0255. The number of nitrogens with zero attached hydrogens (tertiary/aromatic N) is 1. The normalized spacial score (nSPS) is 10.5. The van der Waals surface area contributed by atoms with E-state index in [0.29, 0.717) is 0 Å². The summed E-state index contributed by atoms with van der Waals surface area (Å²) in [4.78, 5) is 13.7. The van der Waals surface area contributed by atoms with Crippen LogP contribution in [0.5, 0.6) is 5.75 Å². The number of benzene rings is 2. The Bertz CT molecular complexity index is 668. The zero-order valence-corrected chi connectivity index (χ0v) is 12.5. The minimum atomic E-state index is -0.462. The molecule has 0 fully saturated rings. The van der Waals surface area contributed by atoms with E-state index in [2.05, 4.69) is 0 Å². The molecule has 0 aliphatic heterocycles. The Morgan fingerprint density at radius 1 is 1.33 bits per heavy atom. The number of phenols is 1. The van der Waals surface area contributed by atoms with Crippen LogP contribution in [0.25, 0.3) is 0 Å². The highest BCUT2D eigenvalue weighted by Crippen LogP contribution is 2.23. The van der Waals surface area contributed by atoms with Gasteiger partial charge < -0.3 is 10.0 Å². The number of rotatable bonds is 3. The van der Waals surface area contributed by atoms with Gasteiger partial charge in [0.2, 0.25) is 0 Å². The Hall–Kier alpha value is -2.07. The van der Waals surface area contributed by atoms with Crippen molar-refractivity contribution in [2.45, 2.75) is 13.5 Å². The van der Waals surface area contributed by atoms with Gasteiger partial charge in [-0.15, -0.1) is 0 Å². The van der Waals surface area contributed by atoms with E-state index in [1.54, 1.807) is 18.2 Å². The molecule has 0 saturated heterocycles. The maximum Gasteiger partial charge on any atom is 0.257 e. The van der Waals surface area contributed by atoms with Gasteiger partial charge in [-0.05, 0) is 31.2 Å². The van der Waals surface area contributed by atoms with E-state index in [1.807, 2.05) is 6.92 Å². The van der Waals surface area contributed by atoms with E-state index in [0.717, 1.165) is 5.56 Å². The molecule has 2 aromatic rings. The van der Waals surface area contributed by atoms with E-state index in [4.69, 9.17) is 11.6 Å². The van der Waals surface area contributed by atoms with E-state index in [1.165, 1.54) is 30.1 Å². The number of aromatic hydroxyl groups is 1. The van der Waals surface area contributed by atoms with Crippen molar-refractivity contribution in [1.29, 1.82) is 0 Å². The largest absolute Gasteiger partial charge is 0.507 e. The van der Waals surface area contributed by atoms with Gasteiger partial charge in [0, 0.05) is 24.2 Å². The molecule has 0 aliphatic carbocycles. The molecule has 1 amide bonds. The van der Waals surface area contributed by atoms with Crippen LogP contribution >= 0.6 is 11.6 Å².